The Bertz CT molecular complexity index is 435. The van der Waals surface area contributed by atoms with Gasteiger partial charge >= 0.3 is 0 Å². The number of fused-ring (bicyclic) bond motifs is 1. The van der Waals surface area contributed by atoms with E-state index in [1.807, 2.05) is 35.2 Å². The normalized spacial score (nSPS) is 27.9. The largest absolute Gasteiger partial charge is 0.395 e. The predicted molar refractivity (Wildman–Crippen MR) is 73.3 cm³/mol. The fraction of sp³-hybridized carbons (Fsp3) is 0.562. The van der Waals surface area contributed by atoms with Crippen molar-refractivity contribution >= 4 is 5.91 Å². The molecule has 19 heavy (non-hydrogen) atoms. The molecule has 3 heteroatoms. The summed E-state index contributed by atoms with van der Waals surface area (Å²) in [6.07, 6.45) is 3.48. The lowest BCUT2D eigenvalue weighted by Gasteiger charge is -2.25. The van der Waals surface area contributed by atoms with Crippen LogP contribution >= 0.6 is 0 Å². The summed E-state index contributed by atoms with van der Waals surface area (Å²) in [5.74, 6) is 2.09. The average Bonchev–Trinajstić information content (AvgIpc) is 3.05. The topological polar surface area (TPSA) is 40.5 Å². The van der Waals surface area contributed by atoms with Crippen molar-refractivity contribution in [3.63, 3.8) is 0 Å². The number of aliphatic hydroxyl groups excluding tert-OH is 1. The molecule has 102 valence electrons. The van der Waals surface area contributed by atoms with Crippen LogP contribution in [0.5, 0.6) is 0 Å². The second kappa shape index (κ2) is 5.33. The maximum absolute atomic E-state index is 12.5. The van der Waals surface area contributed by atoms with Gasteiger partial charge in [-0.2, -0.15) is 0 Å². The molecule has 1 N–H and O–H groups in total. The van der Waals surface area contributed by atoms with Crippen LogP contribution in [0.1, 0.15) is 24.8 Å². The minimum atomic E-state index is 0.0398. The zero-order valence-electron chi connectivity index (χ0n) is 11.2. The maximum Gasteiger partial charge on any atom is 0.226 e. The van der Waals surface area contributed by atoms with Crippen LogP contribution < -0.4 is 0 Å². The smallest absolute Gasteiger partial charge is 0.226 e. The molecule has 0 bridgehead atoms. The fourth-order valence-corrected chi connectivity index (χ4v) is 3.37. The van der Waals surface area contributed by atoms with Crippen LogP contribution in [0.3, 0.4) is 0 Å². The Morgan fingerprint density at radius 2 is 1.84 bits per heavy atom. The zero-order chi connectivity index (χ0) is 13.2. The molecular weight excluding hydrogens is 238 g/mol. The number of benzene rings is 1. The van der Waals surface area contributed by atoms with E-state index in [-0.39, 0.29) is 18.4 Å². The van der Waals surface area contributed by atoms with Gasteiger partial charge in [-0.15, -0.1) is 0 Å². The van der Waals surface area contributed by atoms with Crippen LogP contribution in [-0.4, -0.2) is 29.1 Å². The lowest BCUT2D eigenvalue weighted by atomic mass is 10.0. The average molecular weight is 259 g/mol. The van der Waals surface area contributed by atoms with Gasteiger partial charge in [0.2, 0.25) is 5.91 Å². The van der Waals surface area contributed by atoms with Crippen molar-refractivity contribution < 1.29 is 9.90 Å². The second-order valence-corrected chi connectivity index (χ2v) is 5.89. The van der Waals surface area contributed by atoms with Crippen molar-refractivity contribution in [2.45, 2.75) is 25.8 Å². The molecule has 1 amide bonds. The highest BCUT2D eigenvalue weighted by Crippen LogP contribution is 2.54. The van der Waals surface area contributed by atoms with Gasteiger partial charge in [0.15, 0.2) is 0 Å². The van der Waals surface area contributed by atoms with Gasteiger partial charge in [-0.05, 0) is 36.7 Å². The van der Waals surface area contributed by atoms with E-state index in [4.69, 9.17) is 0 Å². The summed E-state index contributed by atoms with van der Waals surface area (Å²) in [5.41, 5.74) is 1.13. The number of carbonyl (C=O) groups excluding carboxylic acids is 1. The van der Waals surface area contributed by atoms with E-state index in [1.54, 1.807) is 0 Å². The lowest BCUT2D eigenvalue weighted by Crippen LogP contribution is -2.37. The SMILES string of the molecule is O=C(C1CC2CC2C1)N(CCO)Cc1ccccc1. The maximum atomic E-state index is 12.5. The van der Waals surface area contributed by atoms with E-state index in [9.17, 15) is 9.90 Å². The molecule has 2 saturated carbocycles. The van der Waals surface area contributed by atoms with Crippen LogP contribution in [0, 0.1) is 17.8 Å². The highest BCUT2D eigenvalue weighted by molar-refractivity contribution is 5.79. The first-order valence-corrected chi connectivity index (χ1v) is 7.21. The van der Waals surface area contributed by atoms with Gasteiger partial charge in [0.1, 0.15) is 0 Å². The van der Waals surface area contributed by atoms with Crippen molar-refractivity contribution in [1.29, 1.82) is 0 Å². The lowest BCUT2D eigenvalue weighted by molar-refractivity contribution is -0.136. The van der Waals surface area contributed by atoms with Gasteiger partial charge in [0.05, 0.1) is 6.61 Å². The van der Waals surface area contributed by atoms with Gasteiger partial charge in [-0.1, -0.05) is 30.3 Å². The molecule has 0 spiro atoms. The molecule has 2 atom stereocenters. The number of hydrogen-bond donors (Lipinski definition) is 1. The van der Waals surface area contributed by atoms with Gasteiger partial charge < -0.3 is 10.0 Å². The van der Waals surface area contributed by atoms with E-state index >= 15 is 0 Å². The highest BCUT2D eigenvalue weighted by atomic mass is 16.3. The fourth-order valence-electron chi connectivity index (χ4n) is 3.37. The number of rotatable bonds is 5. The molecule has 2 fully saturated rings. The highest BCUT2D eigenvalue weighted by Gasteiger charge is 2.48. The molecule has 0 heterocycles. The summed E-state index contributed by atoms with van der Waals surface area (Å²) in [6.45, 7) is 1.10. The number of hydrogen-bond acceptors (Lipinski definition) is 2. The molecule has 0 saturated heterocycles. The Balaban J connectivity index is 1.64. The van der Waals surface area contributed by atoms with E-state index in [2.05, 4.69) is 0 Å². The third-order valence-corrected chi connectivity index (χ3v) is 4.49. The molecule has 2 unspecified atom stereocenters. The number of amides is 1. The van der Waals surface area contributed by atoms with E-state index in [0.29, 0.717) is 13.1 Å². The Kier molecular flexibility index (Phi) is 3.56. The molecule has 0 aromatic heterocycles. The second-order valence-electron chi connectivity index (χ2n) is 5.89. The summed E-state index contributed by atoms with van der Waals surface area (Å²) in [5, 5.41) is 9.17. The zero-order valence-corrected chi connectivity index (χ0v) is 11.2. The van der Waals surface area contributed by atoms with Crippen molar-refractivity contribution in [3.8, 4) is 0 Å². The minimum Gasteiger partial charge on any atom is -0.395 e. The van der Waals surface area contributed by atoms with Crippen molar-refractivity contribution in [1.82, 2.24) is 4.90 Å². The Hall–Kier alpha value is -1.35. The molecule has 0 radical (unpaired) electrons. The number of carbonyl (C=O) groups is 1. The van der Waals surface area contributed by atoms with Gasteiger partial charge in [0.25, 0.3) is 0 Å². The number of aliphatic hydroxyl groups is 1. The molecule has 0 aliphatic heterocycles. The predicted octanol–water partition coefficient (Wildman–Crippen LogP) is 2.05. The summed E-state index contributed by atoms with van der Waals surface area (Å²) < 4.78 is 0. The molecule has 3 nitrogen and oxygen atoms in total. The van der Waals surface area contributed by atoms with E-state index in [1.165, 1.54) is 6.42 Å². The summed E-state index contributed by atoms with van der Waals surface area (Å²) in [7, 11) is 0. The van der Waals surface area contributed by atoms with Crippen LogP contribution in [0.2, 0.25) is 0 Å². The summed E-state index contributed by atoms with van der Waals surface area (Å²) in [6, 6.07) is 10.0. The van der Waals surface area contributed by atoms with Gasteiger partial charge in [-0.25, -0.2) is 0 Å². The first kappa shape index (κ1) is 12.7. The van der Waals surface area contributed by atoms with Gasteiger partial charge in [0, 0.05) is 19.0 Å². The van der Waals surface area contributed by atoms with Crippen LogP contribution in [-0.2, 0) is 11.3 Å². The first-order chi connectivity index (χ1) is 9.28. The van der Waals surface area contributed by atoms with E-state index in [0.717, 1.165) is 30.2 Å². The summed E-state index contributed by atoms with van der Waals surface area (Å²) in [4.78, 5) is 14.3. The Morgan fingerprint density at radius 3 is 2.47 bits per heavy atom. The molecule has 1 aromatic carbocycles. The van der Waals surface area contributed by atoms with Gasteiger partial charge in [-0.3, -0.25) is 4.79 Å². The molecule has 2 aliphatic rings. The van der Waals surface area contributed by atoms with Crippen LogP contribution in [0.25, 0.3) is 0 Å². The molecular formula is C16H21NO2. The standard InChI is InChI=1S/C16H21NO2/c18-7-6-17(11-12-4-2-1-3-5-12)16(19)15-9-13-8-14(13)10-15/h1-5,13-15,18H,6-11H2. The first-order valence-electron chi connectivity index (χ1n) is 7.21. The minimum absolute atomic E-state index is 0.0398. The Morgan fingerprint density at radius 1 is 1.16 bits per heavy atom. The van der Waals surface area contributed by atoms with Crippen molar-refractivity contribution in [2.24, 2.45) is 17.8 Å². The Labute approximate surface area is 114 Å². The monoisotopic (exact) mass is 259 g/mol. The van der Waals surface area contributed by atoms with E-state index < -0.39 is 0 Å². The van der Waals surface area contributed by atoms with Crippen molar-refractivity contribution in [3.05, 3.63) is 35.9 Å². The third kappa shape index (κ3) is 2.81. The molecule has 1 aromatic rings. The number of nitrogens with zero attached hydrogens (tertiary/aromatic N) is 1. The van der Waals surface area contributed by atoms with Crippen molar-refractivity contribution in [2.75, 3.05) is 13.2 Å². The third-order valence-electron chi connectivity index (χ3n) is 4.49. The van der Waals surface area contributed by atoms with Crippen LogP contribution in [0.4, 0.5) is 0 Å². The van der Waals surface area contributed by atoms with Crippen LogP contribution in [0.15, 0.2) is 30.3 Å². The molecule has 2 aliphatic carbocycles. The quantitative estimate of drug-likeness (QED) is 0.879. The summed E-state index contributed by atoms with van der Waals surface area (Å²) >= 11 is 0. The molecule has 3 rings (SSSR count).